The summed E-state index contributed by atoms with van der Waals surface area (Å²) in [6.07, 6.45) is 0.776. The summed E-state index contributed by atoms with van der Waals surface area (Å²) in [5.74, 6) is -0.657. The van der Waals surface area contributed by atoms with Gasteiger partial charge in [-0.3, -0.25) is 4.79 Å². The first-order valence-corrected chi connectivity index (χ1v) is 6.74. The minimum atomic E-state index is -0.608. The molecule has 2 aromatic rings. The summed E-state index contributed by atoms with van der Waals surface area (Å²) in [4.78, 5) is 13.3. The normalized spacial score (nSPS) is 18.3. The third-order valence-corrected chi connectivity index (χ3v) is 4.38. The van der Waals surface area contributed by atoms with Gasteiger partial charge in [0, 0.05) is 10.8 Å². The van der Waals surface area contributed by atoms with E-state index in [0.29, 0.717) is 0 Å². The highest BCUT2D eigenvalue weighted by Gasteiger charge is 2.36. The van der Waals surface area contributed by atoms with Crippen molar-refractivity contribution in [2.24, 2.45) is 0 Å². The van der Waals surface area contributed by atoms with Gasteiger partial charge in [0.2, 0.25) is 0 Å². The number of thiophene rings is 1. The molecule has 0 saturated heterocycles. The number of benzene rings is 1. The first kappa shape index (κ1) is 11.2. The summed E-state index contributed by atoms with van der Waals surface area (Å²) in [5, 5.41) is 11.1. The van der Waals surface area contributed by atoms with Gasteiger partial charge in [-0.2, -0.15) is 5.26 Å². The molecule has 0 fully saturated rings. The number of hydrogen-bond donors (Lipinski definition) is 0. The van der Waals surface area contributed by atoms with Crippen molar-refractivity contribution in [3.05, 3.63) is 57.8 Å². The molecule has 1 aliphatic rings. The second kappa shape index (κ2) is 4.40. The first-order chi connectivity index (χ1) is 8.81. The predicted octanol–water partition coefficient (Wildman–Crippen LogP) is 3.26. The lowest BCUT2D eigenvalue weighted by molar-refractivity contribution is -0.121. The molecule has 0 bridgehead atoms. The Morgan fingerprint density at radius 2 is 2.17 bits per heavy atom. The second-order valence-electron chi connectivity index (χ2n) is 4.44. The van der Waals surface area contributed by atoms with Crippen LogP contribution in [0.2, 0.25) is 0 Å². The van der Waals surface area contributed by atoms with Crippen LogP contribution >= 0.6 is 11.3 Å². The van der Waals surface area contributed by atoms with Crippen molar-refractivity contribution in [1.82, 2.24) is 0 Å². The fourth-order valence-electron chi connectivity index (χ4n) is 2.44. The maximum absolute atomic E-state index is 12.4. The van der Waals surface area contributed by atoms with Gasteiger partial charge in [-0.25, -0.2) is 0 Å². The molecule has 2 unspecified atom stereocenters. The highest BCUT2D eigenvalue weighted by molar-refractivity contribution is 7.10. The molecule has 88 valence electrons. The molecule has 2 atom stereocenters. The number of carbonyl (C=O) groups excluding carboxylic acids is 1. The summed E-state index contributed by atoms with van der Waals surface area (Å²) in [6.45, 7) is 0. The van der Waals surface area contributed by atoms with Crippen LogP contribution in [0.3, 0.4) is 0 Å². The highest BCUT2D eigenvalue weighted by Crippen LogP contribution is 2.39. The Balaban J connectivity index is 1.87. The number of nitriles is 1. The summed E-state index contributed by atoms with van der Waals surface area (Å²) in [7, 11) is 0. The molecule has 1 heterocycles. The van der Waals surface area contributed by atoms with Crippen molar-refractivity contribution in [2.45, 2.75) is 18.3 Å². The van der Waals surface area contributed by atoms with Crippen molar-refractivity contribution < 1.29 is 4.79 Å². The molecular weight excluding hydrogens is 242 g/mol. The summed E-state index contributed by atoms with van der Waals surface area (Å²) >= 11 is 1.47. The van der Waals surface area contributed by atoms with Crippen LogP contribution in [0.15, 0.2) is 41.8 Å². The molecule has 2 nitrogen and oxygen atoms in total. The van der Waals surface area contributed by atoms with Crippen molar-refractivity contribution in [1.29, 1.82) is 5.26 Å². The van der Waals surface area contributed by atoms with Crippen LogP contribution in [0.5, 0.6) is 0 Å². The number of nitrogens with zero attached hydrogens (tertiary/aromatic N) is 1. The highest BCUT2D eigenvalue weighted by atomic mass is 32.1. The number of carbonyl (C=O) groups is 1. The van der Waals surface area contributed by atoms with Gasteiger partial charge < -0.3 is 0 Å². The minimum Gasteiger partial charge on any atom is -0.297 e. The molecule has 0 N–H and O–H groups in total. The number of hydrogen-bond acceptors (Lipinski definition) is 3. The molecular formula is C15H11NOS. The van der Waals surface area contributed by atoms with E-state index < -0.39 is 5.92 Å². The quantitative estimate of drug-likeness (QED) is 0.842. The van der Waals surface area contributed by atoms with Crippen LogP contribution in [-0.2, 0) is 11.2 Å². The maximum atomic E-state index is 12.4. The lowest BCUT2D eigenvalue weighted by Crippen LogP contribution is -2.28. The molecule has 0 radical (unpaired) electrons. The van der Waals surface area contributed by atoms with Crippen LogP contribution in [-0.4, -0.2) is 5.78 Å². The third kappa shape index (κ3) is 1.66. The lowest BCUT2D eigenvalue weighted by Gasteiger charge is -2.29. The summed E-state index contributed by atoms with van der Waals surface area (Å²) in [5.41, 5.74) is 2.33. The largest absolute Gasteiger partial charge is 0.297 e. The van der Waals surface area contributed by atoms with E-state index in [1.54, 1.807) is 0 Å². The zero-order valence-electron chi connectivity index (χ0n) is 9.67. The number of Topliss-reactive ketones (excluding diaryl/α,β-unsaturated/α-hetero) is 1. The van der Waals surface area contributed by atoms with E-state index in [1.807, 2.05) is 41.8 Å². The van der Waals surface area contributed by atoms with E-state index in [1.165, 1.54) is 16.9 Å². The van der Waals surface area contributed by atoms with Gasteiger partial charge in [-0.1, -0.05) is 30.3 Å². The van der Waals surface area contributed by atoms with E-state index in [-0.39, 0.29) is 11.7 Å². The van der Waals surface area contributed by atoms with E-state index >= 15 is 0 Å². The van der Waals surface area contributed by atoms with E-state index in [4.69, 9.17) is 0 Å². The third-order valence-electron chi connectivity index (χ3n) is 3.44. The van der Waals surface area contributed by atoms with Gasteiger partial charge in [0.15, 0.2) is 5.78 Å². The number of ketones is 1. The van der Waals surface area contributed by atoms with Gasteiger partial charge in [0.25, 0.3) is 0 Å². The molecule has 0 amide bonds. The molecule has 3 heteroatoms. The second-order valence-corrected chi connectivity index (χ2v) is 5.41. The number of fused-ring (bicyclic) bond motifs is 1. The summed E-state index contributed by atoms with van der Waals surface area (Å²) < 4.78 is 0. The Kier molecular flexibility index (Phi) is 2.73. The summed E-state index contributed by atoms with van der Waals surface area (Å²) in [6, 6.07) is 13.9. The molecule has 18 heavy (non-hydrogen) atoms. The van der Waals surface area contributed by atoms with E-state index in [2.05, 4.69) is 6.07 Å². The van der Waals surface area contributed by atoms with Crippen molar-refractivity contribution >= 4 is 17.1 Å². The molecule has 0 saturated carbocycles. The van der Waals surface area contributed by atoms with Crippen molar-refractivity contribution in [2.75, 3.05) is 0 Å². The molecule has 3 rings (SSSR count). The Morgan fingerprint density at radius 1 is 1.33 bits per heavy atom. The fourth-order valence-corrected chi connectivity index (χ4v) is 3.21. The average Bonchev–Trinajstić information content (AvgIpc) is 2.85. The Hall–Kier alpha value is -1.92. The van der Waals surface area contributed by atoms with Crippen LogP contribution in [0.1, 0.15) is 27.8 Å². The van der Waals surface area contributed by atoms with Crippen LogP contribution in [0, 0.1) is 11.3 Å². The van der Waals surface area contributed by atoms with Gasteiger partial charge in [-0.15, -0.1) is 11.3 Å². The van der Waals surface area contributed by atoms with Gasteiger partial charge >= 0.3 is 0 Å². The molecule has 0 aliphatic heterocycles. The predicted molar refractivity (Wildman–Crippen MR) is 70.6 cm³/mol. The van der Waals surface area contributed by atoms with Crippen molar-refractivity contribution in [3.8, 4) is 6.07 Å². The zero-order valence-corrected chi connectivity index (χ0v) is 10.5. The molecule has 0 spiro atoms. The van der Waals surface area contributed by atoms with E-state index in [9.17, 15) is 10.1 Å². The maximum Gasteiger partial charge on any atom is 0.163 e. The van der Waals surface area contributed by atoms with Gasteiger partial charge in [-0.05, 0) is 29.0 Å². The fraction of sp³-hybridized carbons (Fsp3) is 0.200. The average molecular weight is 253 g/mol. The standard InChI is InChI=1S/C15H11NOS/c16-9-13(14-6-3-7-18-14)15(17)12-8-10-4-1-2-5-11(10)12/h1-7,12-13H,8H2. The first-order valence-electron chi connectivity index (χ1n) is 5.86. The van der Waals surface area contributed by atoms with Crippen LogP contribution in [0.4, 0.5) is 0 Å². The smallest absolute Gasteiger partial charge is 0.163 e. The Labute approximate surface area is 110 Å². The molecule has 1 aliphatic carbocycles. The lowest BCUT2D eigenvalue weighted by atomic mass is 9.72. The molecule has 1 aromatic heterocycles. The van der Waals surface area contributed by atoms with Gasteiger partial charge in [0.1, 0.15) is 5.92 Å². The minimum absolute atomic E-state index is 0.0404. The van der Waals surface area contributed by atoms with Gasteiger partial charge in [0.05, 0.1) is 6.07 Å². The monoisotopic (exact) mass is 253 g/mol. The SMILES string of the molecule is N#CC(C(=O)C1Cc2ccccc21)c1cccs1. The topological polar surface area (TPSA) is 40.9 Å². The van der Waals surface area contributed by atoms with Crippen LogP contribution in [0.25, 0.3) is 0 Å². The van der Waals surface area contributed by atoms with E-state index in [0.717, 1.165) is 16.9 Å². The Morgan fingerprint density at radius 3 is 2.83 bits per heavy atom. The van der Waals surface area contributed by atoms with Crippen LogP contribution < -0.4 is 0 Å². The van der Waals surface area contributed by atoms with Crippen molar-refractivity contribution in [3.63, 3.8) is 0 Å². The Bertz CT molecular complexity index is 624. The molecule has 1 aromatic carbocycles. The number of rotatable bonds is 3. The zero-order chi connectivity index (χ0) is 12.5.